The van der Waals surface area contributed by atoms with Crippen molar-refractivity contribution in [3.63, 3.8) is 0 Å². The molecular weight excluding hydrogens is 340 g/mol. The highest BCUT2D eigenvalue weighted by Crippen LogP contribution is 2.16. The monoisotopic (exact) mass is 356 g/mol. The van der Waals surface area contributed by atoms with Crippen molar-refractivity contribution in [3.8, 4) is 6.07 Å². The van der Waals surface area contributed by atoms with Gasteiger partial charge in [0.25, 0.3) is 11.8 Å². The maximum absolute atomic E-state index is 12.7. The lowest BCUT2D eigenvalue weighted by atomic mass is 10.1. The molecule has 0 aliphatic heterocycles. The highest BCUT2D eigenvalue weighted by molar-refractivity contribution is 6.09. The second-order valence-corrected chi connectivity index (χ2v) is 5.81. The molecule has 1 aromatic heterocycles. The van der Waals surface area contributed by atoms with E-state index in [1.165, 1.54) is 23.4 Å². The molecule has 0 atom stereocenters. The summed E-state index contributed by atoms with van der Waals surface area (Å²) in [5.41, 5.74) is 2.24. The molecule has 1 N–H and O–H groups in total. The molecule has 3 rings (SSSR count). The number of anilines is 2. The Bertz CT molecular complexity index is 1030. The van der Waals surface area contributed by atoms with Crippen LogP contribution in [0.3, 0.4) is 0 Å². The first-order valence-electron chi connectivity index (χ1n) is 8.18. The van der Waals surface area contributed by atoms with Gasteiger partial charge in [-0.1, -0.05) is 24.3 Å². The second-order valence-electron chi connectivity index (χ2n) is 5.81. The van der Waals surface area contributed by atoms with Crippen molar-refractivity contribution >= 4 is 23.2 Å². The van der Waals surface area contributed by atoms with Crippen LogP contribution in [0.5, 0.6) is 0 Å². The molecule has 132 valence electrons. The van der Waals surface area contributed by atoms with Gasteiger partial charge in [0.1, 0.15) is 0 Å². The normalized spacial score (nSPS) is 9.93. The van der Waals surface area contributed by atoms with Crippen molar-refractivity contribution in [1.82, 2.24) is 4.98 Å². The lowest BCUT2D eigenvalue weighted by molar-refractivity contribution is 0.0992. The summed E-state index contributed by atoms with van der Waals surface area (Å²) in [5.74, 6) is -0.676. The Morgan fingerprint density at radius 3 is 2.48 bits per heavy atom. The number of aromatic nitrogens is 1. The molecule has 3 aromatic rings. The number of pyridine rings is 1. The molecule has 0 saturated heterocycles. The minimum absolute atomic E-state index is 0.254. The zero-order valence-electron chi connectivity index (χ0n) is 14.6. The highest BCUT2D eigenvalue weighted by Gasteiger charge is 2.16. The molecule has 0 radical (unpaired) electrons. The third-order valence-corrected chi connectivity index (χ3v) is 3.95. The average molecular weight is 356 g/mol. The topological polar surface area (TPSA) is 86.1 Å². The SMILES string of the molecule is CN(C(=O)c1cncc(C(=O)Nc2cccc(C#N)c2)c1)c1ccccc1. The number of amides is 2. The number of nitrogens with zero attached hydrogens (tertiary/aromatic N) is 3. The summed E-state index contributed by atoms with van der Waals surface area (Å²) in [6.45, 7) is 0. The zero-order valence-corrected chi connectivity index (χ0v) is 14.6. The average Bonchev–Trinajstić information content (AvgIpc) is 2.73. The van der Waals surface area contributed by atoms with Gasteiger partial charge in [-0.05, 0) is 36.4 Å². The Kier molecular flexibility index (Phi) is 5.24. The third-order valence-electron chi connectivity index (χ3n) is 3.95. The fourth-order valence-corrected chi connectivity index (χ4v) is 2.51. The number of nitrogens with one attached hydrogen (secondary N) is 1. The van der Waals surface area contributed by atoms with Crippen LogP contribution in [0.2, 0.25) is 0 Å². The molecule has 2 aromatic carbocycles. The molecule has 1 heterocycles. The van der Waals surface area contributed by atoms with Crippen LogP contribution in [0, 0.1) is 11.3 Å². The van der Waals surface area contributed by atoms with Crippen molar-refractivity contribution in [1.29, 1.82) is 5.26 Å². The Morgan fingerprint density at radius 1 is 1.00 bits per heavy atom. The van der Waals surface area contributed by atoms with Crippen LogP contribution in [-0.4, -0.2) is 23.8 Å². The van der Waals surface area contributed by atoms with E-state index in [4.69, 9.17) is 5.26 Å². The molecule has 6 nitrogen and oxygen atoms in total. The van der Waals surface area contributed by atoms with Crippen LogP contribution in [0.1, 0.15) is 26.3 Å². The molecule has 0 spiro atoms. The Hall–Kier alpha value is -3.98. The van der Waals surface area contributed by atoms with Crippen LogP contribution in [-0.2, 0) is 0 Å². The number of benzene rings is 2. The predicted molar refractivity (Wildman–Crippen MR) is 103 cm³/mol. The van der Waals surface area contributed by atoms with Crippen molar-refractivity contribution in [2.45, 2.75) is 0 Å². The third kappa shape index (κ3) is 4.17. The number of rotatable bonds is 4. The van der Waals surface area contributed by atoms with E-state index in [1.54, 1.807) is 31.3 Å². The molecular formula is C21H16N4O2. The number of para-hydroxylation sites is 1. The predicted octanol–water partition coefficient (Wildman–Crippen LogP) is 3.48. The van der Waals surface area contributed by atoms with Crippen LogP contribution in [0.4, 0.5) is 11.4 Å². The largest absolute Gasteiger partial charge is 0.322 e. The van der Waals surface area contributed by atoms with E-state index in [9.17, 15) is 9.59 Å². The van der Waals surface area contributed by atoms with Crippen molar-refractivity contribution in [2.75, 3.05) is 17.3 Å². The van der Waals surface area contributed by atoms with Gasteiger partial charge in [0.15, 0.2) is 0 Å². The first kappa shape index (κ1) is 17.8. The number of carbonyl (C=O) groups excluding carboxylic acids is 2. The molecule has 0 aliphatic rings. The number of nitriles is 1. The van der Waals surface area contributed by atoms with Crippen LogP contribution < -0.4 is 10.2 Å². The van der Waals surface area contributed by atoms with Gasteiger partial charge in [-0.3, -0.25) is 14.6 Å². The van der Waals surface area contributed by atoms with E-state index >= 15 is 0 Å². The van der Waals surface area contributed by atoms with E-state index in [0.29, 0.717) is 16.8 Å². The van der Waals surface area contributed by atoms with Crippen LogP contribution >= 0.6 is 0 Å². The summed E-state index contributed by atoms with van der Waals surface area (Å²) >= 11 is 0. The van der Waals surface area contributed by atoms with Gasteiger partial charge >= 0.3 is 0 Å². The molecule has 0 fully saturated rings. The maximum Gasteiger partial charge on any atom is 0.259 e. The van der Waals surface area contributed by atoms with Crippen molar-refractivity contribution < 1.29 is 9.59 Å². The fraction of sp³-hybridized carbons (Fsp3) is 0.0476. The summed E-state index contributed by atoms with van der Waals surface area (Å²) in [6.07, 6.45) is 2.82. The van der Waals surface area contributed by atoms with Gasteiger partial charge < -0.3 is 10.2 Å². The standard InChI is InChI=1S/C21H16N4O2/c1-25(19-8-3-2-4-9-19)21(27)17-11-16(13-23-14-17)20(26)24-18-7-5-6-15(10-18)12-22/h2-11,13-14H,1H3,(H,24,26). The van der Waals surface area contributed by atoms with Gasteiger partial charge in [-0.2, -0.15) is 5.26 Å². The number of carbonyl (C=O) groups is 2. The minimum Gasteiger partial charge on any atom is -0.322 e. The van der Waals surface area contributed by atoms with Crippen molar-refractivity contribution in [3.05, 3.63) is 89.7 Å². The number of hydrogen-bond donors (Lipinski definition) is 1. The first-order valence-corrected chi connectivity index (χ1v) is 8.18. The smallest absolute Gasteiger partial charge is 0.259 e. The molecule has 6 heteroatoms. The molecule has 0 saturated carbocycles. The van der Waals surface area contributed by atoms with Crippen LogP contribution in [0.15, 0.2) is 73.1 Å². The Labute approximate surface area is 156 Å². The molecule has 0 unspecified atom stereocenters. The quantitative estimate of drug-likeness (QED) is 0.775. The Morgan fingerprint density at radius 2 is 1.74 bits per heavy atom. The summed E-state index contributed by atoms with van der Waals surface area (Å²) < 4.78 is 0. The zero-order chi connectivity index (χ0) is 19.2. The van der Waals surface area contributed by atoms with E-state index in [0.717, 1.165) is 5.69 Å². The first-order chi connectivity index (χ1) is 13.1. The van der Waals surface area contributed by atoms with Gasteiger partial charge in [0.2, 0.25) is 0 Å². The van der Waals surface area contributed by atoms with E-state index < -0.39 is 5.91 Å². The lowest BCUT2D eigenvalue weighted by Gasteiger charge is -2.17. The van der Waals surface area contributed by atoms with Gasteiger partial charge in [-0.15, -0.1) is 0 Å². The lowest BCUT2D eigenvalue weighted by Crippen LogP contribution is -2.26. The van der Waals surface area contributed by atoms with E-state index in [-0.39, 0.29) is 11.5 Å². The highest BCUT2D eigenvalue weighted by atomic mass is 16.2. The van der Waals surface area contributed by atoms with E-state index in [2.05, 4.69) is 10.3 Å². The molecule has 27 heavy (non-hydrogen) atoms. The summed E-state index contributed by atoms with van der Waals surface area (Å²) in [5, 5.41) is 11.6. The molecule has 2 amide bonds. The molecule has 0 bridgehead atoms. The summed E-state index contributed by atoms with van der Waals surface area (Å²) in [6, 6.07) is 19.3. The molecule has 0 aliphatic carbocycles. The maximum atomic E-state index is 12.7. The van der Waals surface area contributed by atoms with Gasteiger partial charge in [0.05, 0.1) is 22.8 Å². The Balaban J connectivity index is 1.79. The second kappa shape index (κ2) is 7.93. The van der Waals surface area contributed by atoms with E-state index in [1.807, 2.05) is 36.4 Å². The van der Waals surface area contributed by atoms with Gasteiger partial charge in [0, 0.05) is 30.8 Å². The number of hydrogen-bond acceptors (Lipinski definition) is 4. The van der Waals surface area contributed by atoms with Gasteiger partial charge in [-0.25, -0.2) is 0 Å². The summed E-state index contributed by atoms with van der Waals surface area (Å²) in [7, 11) is 1.66. The summed E-state index contributed by atoms with van der Waals surface area (Å²) in [4.78, 5) is 30.7. The van der Waals surface area contributed by atoms with Crippen molar-refractivity contribution in [2.24, 2.45) is 0 Å². The van der Waals surface area contributed by atoms with Crippen LogP contribution in [0.25, 0.3) is 0 Å². The fourth-order valence-electron chi connectivity index (χ4n) is 2.51. The minimum atomic E-state index is -0.408.